The number of anilines is 1. The Kier molecular flexibility index (Phi) is 10.2. The molecule has 0 fully saturated rings. The molecule has 3 aromatic carbocycles. The first-order valence-corrected chi connectivity index (χ1v) is 15.6. The van der Waals surface area contributed by atoms with Gasteiger partial charge in [-0.1, -0.05) is 54.4 Å². The minimum absolute atomic E-state index is 0.000862. The Morgan fingerprint density at radius 1 is 1.10 bits per heavy atom. The van der Waals surface area contributed by atoms with Crippen LogP contribution < -0.4 is 9.46 Å². The van der Waals surface area contributed by atoms with Crippen molar-refractivity contribution in [2.75, 3.05) is 31.5 Å². The highest BCUT2D eigenvalue weighted by atomic mass is 35.5. The minimum Gasteiger partial charge on any atom is -0.488 e. The molecule has 2 N–H and O–H groups in total. The summed E-state index contributed by atoms with van der Waals surface area (Å²) in [4.78, 5) is 17.4. The van der Waals surface area contributed by atoms with Crippen molar-refractivity contribution < 1.29 is 23.1 Å². The number of nitrogens with one attached hydrogen (secondary N) is 1. The number of aliphatic hydroxyl groups is 1. The molecule has 41 heavy (non-hydrogen) atoms. The molecule has 1 aliphatic heterocycles. The molecule has 1 amide bonds. The van der Waals surface area contributed by atoms with Crippen LogP contribution in [0.3, 0.4) is 0 Å². The second-order valence-corrected chi connectivity index (χ2v) is 13.1. The Labute approximate surface area is 251 Å². The Balaban J connectivity index is 1.62. The zero-order chi connectivity index (χ0) is 29.7. The molecule has 4 rings (SSSR count). The van der Waals surface area contributed by atoms with Crippen molar-refractivity contribution in [1.29, 1.82) is 0 Å². The first kappa shape index (κ1) is 31.1. The van der Waals surface area contributed by atoms with Crippen molar-refractivity contribution in [3.05, 3.63) is 87.9 Å². The van der Waals surface area contributed by atoms with Crippen molar-refractivity contribution in [2.45, 2.75) is 43.9 Å². The number of likely N-dealkylation sites (N-methyl/N-ethyl adjacent to an activating group) is 1. The van der Waals surface area contributed by atoms with E-state index in [9.17, 15) is 18.3 Å². The van der Waals surface area contributed by atoms with Gasteiger partial charge in [-0.25, -0.2) is 8.42 Å². The van der Waals surface area contributed by atoms with Gasteiger partial charge in [0, 0.05) is 36.8 Å². The molecule has 220 valence electrons. The molecule has 0 aromatic heterocycles. The van der Waals surface area contributed by atoms with Gasteiger partial charge in [-0.05, 0) is 62.0 Å². The summed E-state index contributed by atoms with van der Waals surface area (Å²) in [5.41, 5.74) is 1.88. The van der Waals surface area contributed by atoms with Gasteiger partial charge < -0.3 is 14.7 Å². The number of carbonyl (C=O) groups is 1. The smallest absolute Gasteiger partial charge is 0.261 e. The maximum atomic E-state index is 13.5. The fourth-order valence-corrected chi connectivity index (χ4v) is 6.24. The van der Waals surface area contributed by atoms with Crippen LogP contribution in [0.1, 0.15) is 25.0 Å². The number of halogens is 2. The maximum Gasteiger partial charge on any atom is 0.261 e. The summed E-state index contributed by atoms with van der Waals surface area (Å²) in [5.74, 6) is 0.266. The minimum atomic E-state index is -3.82. The monoisotopic (exact) mass is 619 g/mol. The normalized spacial score (nSPS) is 18.6. The number of hydrogen-bond acceptors (Lipinski definition) is 6. The molecule has 11 heteroatoms. The molecule has 3 atom stereocenters. The van der Waals surface area contributed by atoms with Crippen LogP contribution in [0.15, 0.2) is 71.6 Å². The molecule has 0 unspecified atom stereocenters. The van der Waals surface area contributed by atoms with Gasteiger partial charge in [0.2, 0.25) is 5.91 Å². The van der Waals surface area contributed by atoms with Gasteiger partial charge in [0.15, 0.2) is 0 Å². The molecule has 3 aromatic rings. The fraction of sp³-hybridized carbons (Fsp3) is 0.367. The maximum absolute atomic E-state index is 13.5. The first-order chi connectivity index (χ1) is 19.5. The second-order valence-electron chi connectivity index (χ2n) is 10.6. The molecule has 0 saturated carbocycles. The lowest BCUT2D eigenvalue weighted by atomic mass is 10.0. The summed E-state index contributed by atoms with van der Waals surface area (Å²) in [6.45, 7) is 5.19. The Morgan fingerprint density at radius 2 is 1.83 bits per heavy atom. The van der Waals surface area contributed by atoms with E-state index in [1.54, 1.807) is 54.3 Å². The van der Waals surface area contributed by atoms with Gasteiger partial charge in [-0.3, -0.25) is 14.4 Å². The van der Waals surface area contributed by atoms with Crippen LogP contribution in [0, 0.1) is 5.92 Å². The molecule has 0 aliphatic carbocycles. The van der Waals surface area contributed by atoms with Gasteiger partial charge in [0.05, 0.1) is 34.0 Å². The SMILES string of the molecule is C[C@H](CO)N1C[C@H](C)[C@@H](CN(C)Cc2ccc(Cl)c(Cl)c2)Oc2ccc(NS(=O)(=O)c3ccccc3)cc2CC1=O. The van der Waals surface area contributed by atoms with Gasteiger partial charge in [-0.15, -0.1) is 0 Å². The number of carbonyl (C=O) groups excluding carboxylic acids is 1. The molecule has 8 nitrogen and oxygen atoms in total. The third-order valence-corrected chi connectivity index (χ3v) is 9.29. The average Bonchev–Trinajstić information content (AvgIpc) is 2.98. The number of benzene rings is 3. The van der Waals surface area contributed by atoms with Crippen LogP contribution in [0.4, 0.5) is 5.69 Å². The quantitative estimate of drug-likeness (QED) is 0.347. The van der Waals surface area contributed by atoms with Crippen molar-refractivity contribution >= 4 is 44.8 Å². The highest BCUT2D eigenvalue weighted by Gasteiger charge is 2.31. The number of ether oxygens (including phenoxy) is 1. The molecular weight excluding hydrogens is 585 g/mol. The molecule has 0 bridgehead atoms. The van der Waals surface area contributed by atoms with Crippen molar-refractivity contribution in [3.8, 4) is 5.75 Å². The van der Waals surface area contributed by atoms with Gasteiger partial charge >= 0.3 is 0 Å². The van der Waals surface area contributed by atoms with Crippen LogP contribution in [-0.4, -0.2) is 68.1 Å². The predicted molar refractivity (Wildman–Crippen MR) is 162 cm³/mol. The third-order valence-electron chi connectivity index (χ3n) is 7.15. The lowest BCUT2D eigenvalue weighted by molar-refractivity contribution is -0.134. The highest BCUT2D eigenvalue weighted by Crippen LogP contribution is 2.30. The Bertz CT molecular complexity index is 1470. The summed E-state index contributed by atoms with van der Waals surface area (Å²) in [7, 11) is -1.84. The number of fused-ring (bicyclic) bond motifs is 1. The summed E-state index contributed by atoms with van der Waals surface area (Å²) in [5, 5.41) is 10.9. The summed E-state index contributed by atoms with van der Waals surface area (Å²) in [6.07, 6.45) is -0.313. The lowest BCUT2D eigenvalue weighted by Crippen LogP contribution is -2.47. The van der Waals surface area contributed by atoms with E-state index in [1.165, 1.54) is 12.1 Å². The zero-order valence-corrected chi connectivity index (χ0v) is 25.6. The van der Waals surface area contributed by atoms with Gasteiger partial charge in [0.25, 0.3) is 10.0 Å². The van der Waals surface area contributed by atoms with Crippen LogP contribution in [-0.2, 0) is 27.8 Å². The van der Waals surface area contributed by atoms with E-state index in [4.69, 9.17) is 27.9 Å². The third kappa shape index (κ3) is 7.93. The van der Waals surface area contributed by atoms with Crippen molar-refractivity contribution in [3.63, 3.8) is 0 Å². The molecular formula is C30H35Cl2N3O5S. The average molecular weight is 621 g/mol. The van der Waals surface area contributed by atoms with E-state index < -0.39 is 10.0 Å². The Hall–Kier alpha value is -2.82. The standard InChI is InChI=1S/C30H35Cl2N3O5S/c1-20-16-35(21(2)19-36)30(37)15-23-14-24(33-41(38,39)25-7-5-4-6-8-25)10-12-28(23)40-29(20)18-34(3)17-22-9-11-26(31)27(32)13-22/h4-14,20-21,29,33,36H,15-19H2,1-3H3/t20-,21+,29+/m0/s1. The molecule has 1 heterocycles. The summed E-state index contributed by atoms with van der Waals surface area (Å²) >= 11 is 12.3. The largest absolute Gasteiger partial charge is 0.488 e. The van der Waals surface area contributed by atoms with Crippen LogP contribution >= 0.6 is 23.2 Å². The molecule has 0 radical (unpaired) electrons. The predicted octanol–water partition coefficient (Wildman–Crippen LogP) is 5.08. The number of sulfonamides is 1. The number of rotatable bonds is 9. The van der Waals surface area contributed by atoms with E-state index in [-0.39, 0.29) is 41.9 Å². The van der Waals surface area contributed by atoms with Crippen LogP contribution in [0.5, 0.6) is 5.75 Å². The van der Waals surface area contributed by atoms with Crippen LogP contribution in [0.25, 0.3) is 0 Å². The van der Waals surface area contributed by atoms with Crippen molar-refractivity contribution in [2.24, 2.45) is 5.92 Å². The molecule has 1 aliphatic rings. The second kappa shape index (κ2) is 13.4. The lowest BCUT2D eigenvalue weighted by Gasteiger charge is -2.34. The molecule has 0 saturated heterocycles. The number of amides is 1. The zero-order valence-electron chi connectivity index (χ0n) is 23.3. The summed E-state index contributed by atoms with van der Waals surface area (Å²) < 4.78 is 35.0. The molecule has 0 spiro atoms. The van der Waals surface area contributed by atoms with E-state index in [1.807, 2.05) is 26.1 Å². The van der Waals surface area contributed by atoms with Crippen molar-refractivity contribution in [1.82, 2.24) is 9.80 Å². The first-order valence-electron chi connectivity index (χ1n) is 13.4. The number of hydrogen-bond donors (Lipinski definition) is 2. The topological polar surface area (TPSA) is 99.2 Å². The van der Waals surface area contributed by atoms with E-state index in [0.29, 0.717) is 46.7 Å². The van der Waals surface area contributed by atoms with E-state index in [2.05, 4.69) is 9.62 Å². The highest BCUT2D eigenvalue weighted by molar-refractivity contribution is 7.92. The summed E-state index contributed by atoms with van der Waals surface area (Å²) in [6, 6.07) is 18.2. The van der Waals surface area contributed by atoms with Gasteiger partial charge in [-0.2, -0.15) is 0 Å². The van der Waals surface area contributed by atoms with E-state index >= 15 is 0 Å². The number of nitrogens with zero attached hydrogens (tertiary/aromatic N) is 2. The number of aliphatic hydroxyl groups excluding tert-OH is 1. The van der Waals surface area contributed by atoms with Gasteiger partial charge in [0.1, 0.15) is 11.9 Å². The fourth-order valence-electron chi connectivity index (χ4n) is 4.85. The van der Waals surface area contributed by atoms with E-state index in [0.717, 1.165) is 5.56 Å². The van der Waals surface area contributed by atoms with Crippen LogP contribution in [0.2, 0.25) is 10.0 Å². The Morgan fingerprint density at radius 3 is 2.51 bits per heavy atom.